The van der Waals surface area contributed by atoms with Crippen molar-refractivity contribution in [3.8, 4) is 0 Å². The molecule has 0 spiro atoms. The van der Waals surface area contributed by atoms with E-state index < -0.39 is 15.8 Å². The van der Waals surface area contributed by atoms with E-state index in [-0.39, 0.29) is 10.3 Å². The number of nitrogens with one attached hydrogen (secondary N) is 2. The molecule has 0 aliphatic carbocycles. The molecule has 0 saturated carbocycles. The van der Waals surface area contributed by atoms with Crippen molar-refractivity contribution in [3.05, 3.63) is 29.6 Å². The van der Waals surface area contributed by atoms with Crippen LogP contribution in [-0.4, -0.2) is 22.0 Å². The summed E-state index contributed by atoms with van der Waals surface area (Å²) in [6, 6.07) is 3.82. The molecule has 0 radical (unpaired) electrons. The molecule has 0 aliphatic heterocycles. The van der Waals surface area contributed by atoms with E-state index in [0.717, 1.165) is 12.5 Å². The lowest BCUT2D eigenvalue weighted by molar-refractivity contribution is 0.350. The highest BCUT2D eigenvalue weighted by Crippen LogP contribution is 2.21. The predicted octanol–water partition coefficient (Wildman–Crippen LogP) is 2.26. The van der Waals surface area contributed by atoms with Crippen LogP contribution in [0, 0.1) is 11.2 Å². The first-order valence-electron chi connectivity index (χ1n) is 6.64. The lowest BCUT2D eigenvalue weighted by Gasteiger charge is -2.23. The Morgan fingerprint density at radius 2 is 1.95 bits per heavy atom. The van der Waals surface area contributed by atoms with Crippen molar-refractivity contribution in [1.29, 1.82) is 0 Å². The molecule has 0 atom stereocenters. The van der Waals surface area contributed by atoms with Crippen LogP contribution in [0.5, 0.6) is 0 Å². The van der Waals surface area contributed by atoms with Crippen LogP contribution < -0.4 is 10.0 Å². The van der Waals surface area contributed by atoms with Crippen LogP contribution in [0.4, 0.5) is 4.39 Å². The van der Waals surface area contributed by atoms with Crippen molar-refractivity contribution in [2.45, 2.75) is 38.6 Å². The molecule has 1 aromatic rings. The molecule has 0 aromatic heterocycles. The topological polar surface area (TPSA) is 58.2 Å². The summed E-state index contributed by atoms with van der Waals surface area (Å²) in [4.78, 5) is -0.00115. The Hall–Kier alpha value is -0.980. The second-order valence-electron chi connectivity index (χ2n) is 5.62. The van der Waals surface area contributed by atoms with E-state index in [4.69, 9.17) is 0 Å². The lowest BCUT2D eigenvalue weighted by Crippen LogP contribution is -2.34. The first-order chi connectivity index (χ1) is 9.22. The number of hydrogen-bond donors (Lipinski definition) is 2. The Balaban J connectivity index is 3.05. The van der Waals surface area contributed by atoms with Gasteiger partial charge in [0.15, 0.2) is 0 Å². The zero-order valence-electron chi connectivity index (χ0n) is 12.5. The normalized spacial score (nSPS) is 12.7. The van der Waals surface area contributed by atoms with E-state index in [1.807, 2.05) is 20.8 Å². The monoisotopic (exact) mass is 302 g/mol. The van der Waals surface area contributed by atoms with E-state index in [1.54, 1.807) is 7.05 Å². The molecule has 2 N–H and O–H groups in total. The van der Waals surface area contributed by atoms with Gasteiger partial charge in [-0.25, -0.2) is 17.5 Å². The van der Waals surface area contributed by atoms with E-state index in [1.165, 1.54) is 12.1 Å². The summed E-state index contributed by atoms with van der Waals surface area (Å²) in [6.07, 6.45) is 0.849. The fraction of sp³-hybridized carbons (Fsp3) is 0.571. The average molecular weight is 302 g/mol. The fourth-order valence-electron chi connectivity index (χ4n) is 1.61. The second-order valence-corrected chi connectivity index (χ2v) is 7.36. The molecule has 6 heteroatoms. The Kier molecular flexibility index (Phi) is 5.68. The van der Waals surface area contributed by atoms with Crippen LogP contribution in [0.1, 0.15) is 32.8 Å². The number of rotatable bonds is 7. The Bertz CT molecular complexity index is 556. The summed E-state index contributed by atoms with van der Waals surface area (Å²) in [5.41, 5.74) is 0.416. The molecule has 0 aliphatic rings. The maximum Gasteiger partial charge on any atom is 0.241 e. The SMILES string of the molecule is CCC(C)(C)CNS(=O)(=O)c1cc(F)ccc1CNC. The first-order valence-corrected chi connectivity index (χ1v) is 8.13. The molecule has 0 amide bonds. The van der Waals surface area contributed by atoms with Crippen LogP contribution in [0.2, 0.25) is 0 Å². The molecule has 4 nitrogen and oxygen atoms in total. The van der Waals surface area contributed by atoms with Gasteiger partial charge in [0, 0.05) is 13.1 Å². The molecule has 0 unspecified atom stereocenters. The molecule has 1 rings (SSSR count). The van der Waals surface area contributed by atoms with Crippen molar-refractivity contribution >= 4 is 10.0 Å². The smallest absolute Gasteiger partial charge is 0.241 e. The van der Waals surface area contributed by atoms with Gasteiger partial charge in [-0.05, 0) is 36.6 Å². The number of hydrogen-bond acceptors (Lipinski definition) is 3. The standard InChI is InChI=1S/C14H23FN2O2S/c1-5-14(2,3)10-17-20(18,19)13-8-12(15)7-6-11(13)9-16-4/h6-8,16-17H,5,9-10H2,1-4H3. The van der Waals surface area contributed by atoms with Crippen LogP contribution in [0.15, 0.2) is 23.1 Å². The van der Waals surface area contributed by atoms with Gasteiger partial charge in [-0.15, -0.1) is 0 Å². The summed E-state index contributed by atoms with van der Waals surface area (Å²) in [7, 11) is -1.99. The zero-order chi connectivity index (χ0) is 15.4. The van der Waals surface area contributed by atoms with Gasteiger partial charge >= 0.3 is 0 Å². The van der Waals surface area contributed by atoms with Gasteiger partial charge in [0.05, 0.1) is 4.90 Å². The van der Waals surface area contributed by atoms with Crippen LogP contribution in [0.3, 0.4) is 0 Å². The molecular formula is C14H23FN2O2S. The van der Waals surface area contributed by atoms with Crippen LogP contribution in [-0.2, 0) is 16.6 Å². The Labute approximate surface area is 120 Å². The fourth-order valence-corrected chi connectivity index (χ4v) is 3.10. The highest BCUT2D eigenvalue weighted by Gasteiger charge is 2.23. The molecule has 20 heavy (non-hydrogen) atoms. The minimum absolute atomic E-state index is 0.00115. The lowest BCUT2D eigenvalue weighted by atomic mass is 9.91. The maximum atomic E-state index is 13.3. The summed E-state index contributed by atoms with van der Waals surface area (Å²) < 4.78 is 40.6. The summed E-state index contributed by atoms with van der Waals surface area (Å²) in [6.45, 7) is 6.66. The number of halogens is 1. The predicted molar refractivity (Wildman–Crippen MR) is 78.4 cm³/mol. The highest BCUT2D eigenvalue weighted by molar-refractivity contribution is 7.89. The minimum Gasteiger partial charge on any atom is -0.316 e. The van der Waals surface area contributed by atoms with Crippen molar-refractivity contribution in [3.63, 3.8) is 0 Å². The summed E-state index contributed by atoms with van der Waals surface area (Å²) in [5.74, 6) is -0.556. The zero-order valence-corrected chi connectivity index (χ0v) is 13.3. The molecule has 0 bridgehead atoms. The van der Waals surface area contributed by atoms with E-state index in [9.17, 15) is 12.8 Å². The van der Waals surface area contributed by atoms with Gasteiger partial charge in [-0.3, -0.25) is 0 Å². The van der Waals surface area contributed by atoms with E-state index >= 15 is 0 Å². The van der Waals surface area contributed by atoms with Crippen LogP contribution in [0.25, 0.3) is 0 Å². The summed E-state index contributed by atoms with van der Waals surface area (Å²) in [5, 5.41) is 2.88. The van der Waals surface area contributed by atoms with Gasteiger partial charge in [-0.2, -0.15) is 0 Å². The van der Waals surface area contributed by atoms with Crippen molar-refractivity contribution < 1.29 is 12.8 Å². The third kappa shape index (κ3) is 4.54. The molecule has 0 heterocycles. The van der Waals surface area contributed by atoms with Gasteiger partial charge in [-0.1, -0.05) is 26.8 Å². The quantitative estimate of drug-likeness (QED) is 0.812. The minimum atomic E-state index is -3.71. The van der Waals surface area contributed by atoms with Crippen molar-refractivity contribution in [2.75, 3.05) is 13.6 Å². The van der Waals surface area contributed by atoms with E-state index in [2.05, 4.69) is 10.0 Å². The Morgan fingerprint density at radius 3 is 2.50 bits per heavy atom. The molecular weight excluding hydrogens is 279 g/mol. The van der Waals surface area contributed by atoms with Gasteiger partial charge in [0.2, 0.25) is 10.0 Å². The molecule has 114 valence electrons. The third-order valence-corrected chi connectivity index (χ3v) is 4.87. The Morgan fingerprint density at radius 1 is 1.30 bits per heavy atom. The van der Waals surface area contributed by atoms with Crippen LogP contribution >= 0.6 is 0 Å². The van der Waals surface area contributed by atoms with E-state index in [0.29, 0.717) is 18.7 Å². The van der Waals surface area contributed by atoms with Crippen molar-refractivity contribution in [2.24, 2.45) is 5.41 Å². The molecule has 0 saturated heterocycles. The van der Waals surface area contributed by atoms with Gasteiger partial charge < -0.3 is 5.32 Å². The first kappa shape index (κ1) is 17.1. The maximum absolute atomic E-state index is 13.3. The number of benzene rings is 1. The number of sulfonamides is 1. The highest BCUT2D eigenvalue weighted by atomic mass is 32.2. The second kappa shape index (κ2) is 6.65. The largest absolute Gasteiger partial charge is 0.316 e. The van der Waals surface area contributed by atoms with Gasteiger partial charge in [0.1, 0.15) is 5.82 Å². The van der Waals surface area contributed by atoms with Gasteiger partial charge in [0.25, 0.3) is 0 Å². The summed E-state index contributed by atoms with van der Waals surface area (Å²) >= 11 is 0. The van der Waals surface area contributed by atoms with Crippen molar-refractivity contribution in [1.82, 2.24) is 10.0 Å². The molecule has 0 fully saturated rings. The molecule has 1 aromatic carbocycles. The third-order valence-electron chi connectivity index (χ3n) is 3.38. The average Bonchev–Trinajstić information content (AvgIpc) is 2.39.